The van der Waals surface area contributed by atoms with Crippen LogP contribution < -0.4 is 9.80 Å². The highest BCUT2D eigenvalue weighted by Gasteiger charge is 2.24. The van der Waals surface area contributed by atoms with Crippen molar-refractivity contribution < 1.29 is 8.83 Å². The Morgan fingerprint density at radius 2 is 0.545 bits per heavy atom. The molecule has 66 heavy (non-hydrogen) atoms. The molecule has 0 spiro atoms. The number of anilines is 6. The first-order valence-electron chi connectivity index (χ1n) is 22.4. The normalized spacial score (nSPS) is 11.6. The average molecular weight is 845 g/mol. The third kappa shape index (κ3) is 6.22. The van der Waals surface area contributed by atoms with Crippen LogP contribution in [0.2, 0.25) is 0 Å². The molecule has 11 aromatic carbocycles. The van der Waals surface area contributed by atoms with Gasteiger partial charge < -0.3 is 18.6 Å². The molecule has 0 N–H and O–H groups in total. The van der Waals surface area contributed by atoms with Crippen molar-refractivity contribution in [2.75, 3.05) is 9.80 Å². The highest BCUT2D eigenvalue weighted by Crippen LogP contribution is 2.49. The highest BCUT2D eigenvalue weighted by molar-refractivity contribution is 6.28. The fourth-order valence-corrected chi connectivity index (χ4v) is 9.98. The van der Waals surface area contributed by atoms with Gasteiger partial charge in [-0.1, -0.05) is 170 Å². The second-order valence-corrected chi connectivity index (χ2v) is 16.8. The smallest absolute Gasteiger partial charge is 0.139 e. The summed E-state index contributed by atoms with van der Waals surface area (Å²) >= 11 is 0. The van der Waals surface area contributed by atoms with E-state index < -0.39 is 0 Å². The number of fused-ring (bicyclic) bond motifs is 10. The van der Waals surface area contributed by atoms with Gasteiger partial charge in [0.05, 0.1) is 11.4 Å². The molecule has 0 atom stereocenters. The monoisotopic (exact) mass is 844 g/mol. The van der Waals surface area contributed by atoms with Crippen LogP contribution in [0, 0.1) is 0 Å². The third-order valence-corrected chi connectivity index (χ3v) is 13.0. The predicted octanol–water partition coefficient (Wildman–Crippen LogP) is 18.1. The van der Waals surface area contributed by atoms with Gasteiger partial charge in [0.15, 0.2) is 0 Å². The Labute approximate surface area is 381 Å². The van der Waals surface area contributed by atoms with Crippen LogP contribution in [0.15, 0.2) is 251 Å². The summed E-state index contributed by atoms with van der Waals surface area (Å²) in [5, 5.41) is 8.80. The van der Waals surface area contributed by atoms with Gasteiger partial charge >= 0.3 is 0 Å². The first kappa shape index (κ1) is 37.7. The lowest BCUT2D eigenvalue weighted by Crippen LogP contribution is -2.10. The van der Waals surface area contributed by atoms with Crippen LogP contribution >= 0.6 is 0 Å². The van der Waals surface area contributed by atoms with E-state index in [1.54, 1.807) is 0 Å². The molecule has 0 saturated carbocycles. The summed E-state index contributed by atoms with van der Waals surface area (Å²) in [5.41, 5.74) is 14.3. The molecule has 4 nitrogen and oxygen atoms in total. The Balaban J connectivity index is 0.989. The SMILES string of the molecule is c1ccc(-c2ccc(N(c3ccccc3)c3cc4oc5cc6oc7cc(N(c8ccccc8)c8ccc(-c9ccccc9)cc8)c8ccccc8c7c6cc5c4c4ccccc34)cc2)cc1. The summed E-state index contributed by atoms with van der Waals surface area (Å²) in [6.07, 6.45) is 0. The van der Waals surface area contributed by atoms with E-state index in [-0.39, 0.29) is 0 Å². The van der Waals surface area contributed by atoms with Gasteiger partial charge in [0.25, 0.3) is 0 Å². The van der Waals surface area contributed by atoms with Gasteiger partial charge in [-0.05, 0) is 87.6 Å². The summed E-state index contributed by atoms with van der Waals surface area (Å²) in [6, 6.07) is 86.1. The van der Waals surface area contributed by atoms with Crippen molar-refractivity contribution in [3.8, 4) is 22.3 Å². The number of nitrogens with zero attached hydrogens (tertiary/aromatic N) is 2. The van der Waals surface area contributed by atoms with Gasteiger partial charge in [0, 0.05) is 73.3 Å². The van der Waals surface area contributed by atoms with Crippen molar-refractivity contribution in [2.45, 2.75) is 0 Å². The van der Waals surface area contributed by atoms with Gasteiger partial charge in [-0.3, -0.25) is 0 Å². The van der Waals surface area contributed by atoms with Crippen LogP contribution in [0.3, 0.4) is 0 Å². The topological polar surface area (TPSA) is 32.8 Å². The largest absolute Gasteiger partial charge is 0.456 e. The second-order valence-electron chi connectivity index (χ2n) is 16.8. The maximum atomic E-state index is 6.92. The van der Waals surface area contributed by atoms with Crippen molar-refractivity contribution in [2.24, 2.45) is 0 Å². The number of hydrogen-bond donors (Lipinski definition) is 0. The number of hydrogen-bond acceptors (Lipinski definition) is 4. The fraction of sp³-hybridized carbons (Fsp3) is 0. The Morgan fingerprint density at radius 1 is 0.227 bits per heavy atom. The first-order valence-corrected chi connectivity index (χ1v) is 22.4. The standard InChI is InChI=1S/C62H40N2O2/c1-5-17-41(18-6-1)43-29-33-47(34-30-43)63(45-21-9-3-10-22-45)55-38-59-61(51-27-15-13-25-49(51)55)53-37-54-58(40-57(53)65-59)66-60-39-56(50-26-14-16-28-52(50)62(54)60)64(46-23-11-4-12-24-46)48-35-31-44(32-36-48)42-19-7-2-8-20-42/h1-40H. The highest BCUT2D eigenvalue weighted by atomic mass is 16.3. The van der Waals surface area contributed by atoms with Crippen LogP contribution in [-0.2, 0) is 0 Å². The van der Waals surface area contributed by atoms with E-state index in [0.29, 0.717) is 0 Å². The summed E-state index contributed by atoms with van der Waals surface area (Å²) < 4.78 is 13.8. The van der Waals surface area contributed by atoms with E-state index in [1.807, 2.05) is 0 Å². The minimum Gasteiger partial charge on any atom is -0.456 e. The van der Waals surface area contributed by atoms with Gasteiger partial charge in [-0.15, -0.1) is 0 Å². The van der Waals surface area contributed by atoms with E-state index in [9.17, 15) is 0 Å². The molecule has 0 bridgehead atoms. The summed E-state index contributed by atoms with van der Waals surface area (Å²) in [7, 11) is 0. The molecule has 0 saturated heterocycles. The molecule has 0 aliphatic heterocycles. The average Bonchev–Trinajstić information content (AvgIpc) is 3.94. The first-order chi connectivity index (χ1) is 32.7. The molecule has 13 aromatic rings. The van der Waals surface area contributed by atoms with Gasteiger partial charge in [0.1, 0.15) is 22.3 Å². The molecule has 0 aliphatic rings. The molecular weight excluding hydrogens is 805 g/mol. The zero-order chi connectivity index (χ0) is 43.6. The lowest BCUT2D eigenvalue weighted by molar-refractivity contribution is 0.656. The molecule has 2 heterocycles. The van der Waals surface area contributed by atoms with Crippen LogP contribution in [0.4, 0.5) is 34.1 Å². The van der Waals surface area contributed by atoms with Crippen molar-refractivity contribution in [1.29, 1.82) is 0 Å². The van der Waals surface area contributed by atoms with Crippen molar-refractivity contribution in [3.05, 3.63) is 243 Å². The van der Waals surface area contributed by atoms with Crippen LogP contribution in [0.5, 0.6) is 0 Å². The quantitative estimate of drug-likeness (QED) is 0.153. The van der Waals surface area contributed by atoms with Crippen LogP contribution in [0.1, 0.15) is 0 Å². The van der Waals surface area contributed by atoms with Crippen LogP contribution in [-0.4, -0.2) is 0 Å². The van der Waals surface area contributed by atoms with E-state index >= 15 is 0 Å². The third-order valence-electron chi connectivity index (χ3n) is 13.0. The van der Waals surface area contributed by atoms with Gasteiger partial charge in [-0.2, -0.15) is 0 Å². The molecule has 13 rings (SSSR count). The molecular formula is C62H40N2O2. The lowest BCUT2D eigenvalue weighted by Gasteiger charge is -2.27. The Morgan fingerprint density at radius 3 is 0.939 bits per heavy atom. The molecule has 0 radical (unpaired) electrons. The lowest BCUT2D eigenvalue weighted by atomic mass is 9.98. The minimum absolute atomic E-state index is 0.784. The fourth-order valence-electron chi connectivity index (χ4n) is 9.98. The Hall–Kier alpha value is -8.86. The zero-order valence-corrected chi connectivity index (χ0v) is 35.8. The number of furan rings is 2. The summed E-state index contributed by atoms with van der Waals surface area (Å²) in [6.45, 7) is 0. The molecule has 310 valence electrons. The predicted molar refractivity (Wildman–Crippen MR) is 276 cm³/mol. The minimum atomic E-state index is 0.784. The van der Waals surface area contributed by atoms with Gasteiger partial charge in [0.2, 0.25) is 0 Å². The Bertz CT molecular complexity index is 3640. The molecule has 0 amide bonds. The van der Waals surface area contributed by atoms with E-state index in [0.717, 1.165) is 99.5 Å². The summed E-state index contributed by atoms with van der Waals surface area (Å²) in [5.74, 6) is 0. The second kappa shape index (κ2) is 15.4. The number of para-hydroxylation sites is 2. The van der Waals surface area contributed by atoms with Crippen molar-refractivity contribution in [1.82, 2.24) is 0 Å². The van der Waals surface area contributed by atoms with Gasteiger partial charge in [-0.25, -0.2) is 0 Å². The number of rotatable bonds is 8. The summed E-state index contributed by atoms with van der Waals surface area (Å²) in [4.78, 5) is 4.67. The van der Waals surface area contributed by atoms with E-state index in [1.165, 1.54) is 22.3 Å². The van der Waals surface area contributed by atoms with Crippen molar-refractivity contribution in [3.63, 3.8) is 0 Å². The van der Waals surface area contributed by atoms with E-state index in [4.69, 9.17) is 8.83 Å². The zero-order valence-electron chi connectivity index (χ0n) is 35.8. The number of benzene rings is 11. The maximum absolute atomic E-state index is 6.92. The maximum Gasteiger partial charge on any atom is 0.139 e. The van der Waals surface area contributed by atoms with Crippen LogP contribution in [0.25, 0.3) is 87.7 Å². The molecule has 0 aliphatic carbocycles. The van der Waals surface area contributed by atoms with E-state index in [2.05, 4.69) is 252 Å². The molecule has 0 unspecified atom stereocenters. The molecule has 4 heteroatoms. The Kier molecular flexibility index (Phi) is 8.81. The molecule has 0 fully saturated rings. The van der Waals surface area contributed by atoms with Crippen molar-refractivity contribution >= 4 is 99.5 Å². The molecule has 2 aromatic heterocycles.